The first-order valence-corrected chi connectivity index (χ1v) is 9.41. The van der Waals surface area contributed by atoms with Gasteiger partial charge >= 0.3 is 0 Å². The van der Waals surface area contributed by atoms with Gasteiger partial charge < -0.3 is 10.2 Å². The summed E-state index contributed by atoms with van der Waals surface area (Å²) in [6.07, 6.45) is 0. The molecule has 1 N–H and O–H groups in total. The lowest BCUT2D eigenvalue weighted by Crippen LogP contribution is -2.30. The van der Waals surface area contributed by atoms with Crippen molar-refractivity contribution in [3.05, 3.63) is 59.7 Å². The van der Waals surface area contributed by atoms with Gasteiger partial charge in [0.15, 0.2) is 0 Å². The van der Waals surface area contributed by atoms with Gasteiger partial charge in [-0.05, 0) is 56.7 Å². The van der Waals surface area contributed by atoms with E-state index >= 15 is 0 Å². The fourth-order valence-corrected chi connectivity index (χ4v) is 3.28. The first kappa shape index (κ1) is 19.1. The van der Waals surface area contributed by atoms with Crippen LogP contribution < -0.4 is 5.32 Å². The Balaban J connectivity index is 1.91. The summed E-state index contributed by atoms with van der Waals surface area (Å²) in [5, 5.41) is 2.87. The number of anilines is 1. The Morgan fingerprint density at radius 2 is 1.64 bits per heavy atom. The van der Waals surface area contributed by atoms with Crippen LogP contribution >= 0.6 is 11.8 Å². The van der Waals surface area contributed by atoms with Gasteiger partial charge in [-0.15, -0.1) is 11.8 Å². The Bertz CT molecular complexity index is 725. The van der Waals surface area contributed by atoms with Crippen molar-refractivity contribution in [1.82, 2.24) is 4.90 Å². The number of carbonyl (C=O) groups is 2. The van der Waals surface area contributed by atoms with Crippen LogP contribution in [0, 0.1) is 6.92 Å². The van der Waals surface area contributed by atoms with Crippen molar-refractivity contribution in [2.75, 3.05) is 24.2 Å². The third kappa shape index (κ3) is 5.36. The van der Waals surface area contributed by atoms with Gasteiger partial charge in [0.1, 0.15) is 0 Å². The van der Waals surface area contributed by atoms with Crippen LogP contribution in [-0.4, -0.2) is 35.6 Å². The van der Waals surface area contributed by atoms with E-state index in [-0.39, 0.29) is 11.8 Å². The molecule has 0 saturated heterocycles. The zero-order chi connectivity index (χ0) is 18.2. The fourth-order valence-electron chi connectivity index (χ4n) is 2.45. The van der Waals surface area contributed by atoms with Crippen LogP contribution in [0.3, 0.4) is 0 Å². The average molecular weight is 356 g/mol. The molecule has 0 aliphatic rings. The molecule has 0 aliphatic carbocycles. The molecule has 132 valence electrons. The number of carbonyl (C=O) groups excluding carboxylic acids is 2. The Morgan fingerprint density at radius 3 is 2.24 bits per heavy atom. The number of hydrogen-bond acceptors (Lipinski definition) is 3. The van der Waals surface area contributed by atoms with Crippen molar-refractivity contribution in [2.24, 2.45) is 0 Å². The molecule has 5 heteroatoms. The second-order valence-corrected chi connectivity index (χ2v) is 6.67. The van der Waals surface area contributed by atoms with Gasteiger partial charge in [0.2, 0.25) is 5.91 Å². The second kappa shape index (κ2) is 9.28. The monoisotopic (exact) mass is 356 g/mol. The average Bonchev–Trinajstić information content (AvgIpc) is 2.62. The van der Waals surface area contributed by atoms with E-state index in [0.29, 0.717) is 30.1 Å². The van der Waals surface area contributed by atoms with Gasteiger partial charge in [-0.1, -0.05) is 18.2 Å². The third-order valence-electron chi connectivity index (χ3n) is 3.92. The summed E-state index contributed by atoms with van der Waals surface area (Å²) in [5.41, 5.74) is 2.50. The van der Waals surface area contributed by atoms with Crippen LogP contribution in [0.1, 0.15) is 29.8 Å². The summed E-state index contributed by atoms with van der Waals surface area (Å²) in [6, 6.07) is 15.1. The van der Waals surface area contributed by atoms with Crippen molar-refractivity contribution < 1.29 is 9.59 Å². The van der Waals surface area contributed by atoms with Gasteiger partial charge in [-0.2, -0.15) is 0 Å². The van der Waals surface area contributed by atoms with E-state index in [4.69, 9.17) is 0 Å². The third-order valence-corrected chi connectivity index (χ3v) is 5.09. The summed E-state index contributed by atoms with van der Waals surface area (Å²) in [7, 11) is 0. The molecular weight excluding hydrogens is 332 g/mol. The quantitative estimate of drug-likeness (QED) is 0.756. The van der Waals surface area contributed by atoms with Gasteiger partial charge in [-0.3, -0.25) is 9.59 Å². The van der Waals surface area contributed by atoms with Gasteiger partial charge in [0, 0.05) is 29.2 Å². The Morgan fingerprint density at radius 1 is 1.00 bits per heavy atom. The molecule has 0 bridgehead atoms. The molecule has 0 radical (unpaired) electrons. The standard InChI is InChI=1S/C20H24N2O2S/c1-4-22(5-2)20(24)16-10-12-17(13-11-16)21-19(23)14-25-18-9-7-6-8-15(18)3/h6-13H,4-5,14H2,1-3H3,(H,21,23). The van der Waals surface area contributed by atoms with Gasteiger partial charge in [0.05, 0.1) is 5.75 Å². The van der Waals surface area contributed by atoms with Crippen molar-refractivity contribution in [3.8, 4) is 0 Å². The summed E-state index contributed by atoms with van der Waals surface area (Å²) < 4.78 is 0. The largest absolute Gasteiger partial charge is 0.339 e. The van der Waals surface area contributed by atoms with Crippen LogP contribution in [0.5, 0.6) is 0 Å². The van der Waals surface area contributed by atoms with Crippen molar-refractivity contribution in [2.45, 2.75) is 25.7 Å². The number of thioether (sulfide) groups is 1. The van der Waals surface area contributed by atoms with Crippen molar-refractivity contribution in [3.63, 3.8) is 0 Å². The number of rotatable bonds is 7. The number of nitrogens with one attached hydrogen (secondary N) is 1. The number of hydrogen-bond donors (Lipinski definition) is 1. The molecule has 2 rings (SSSR count). The Hall–Kier alpha value is -2.27. The Kier molecular flexibility index (Phi) is 7.07. The lowest BCUT2D eigenvalue weighted by molar-refractivity contribution is -0.113. The molecule has 0 aromatic heterocycles. The zero-order valence-electron chi connectivity index (χ0n) is 14.9. The molecule has 0 spiro atoms. The van der Waals surface area contributed by atoms with Crippen LogP contribution in [0.4, 0.5) is 5.69 Å². The molecule has 2 aromatic rings. The molecule has 0 atom stereocenters. The van der Waals surface area contributed by atoms with Crippen LogP contribution in [-0.2, 0) is 4.79 Å². The molecule has 0 unspecified atom stereocenters. The first-order valence-electron chi connectivity index (χ1n) is 8.42. The topological polar surface area (TPSA) is 49.4 Å². The van der Waals surface area contributed by atoms with E-state index in [9.17, 15) is 9.59 Å². The Labute approximate surface area is 153 Å². The zero-order valence-corrected chi connectivity index (χ0v) is 15.7. The van der Waals surface area contributed by atoms with Crippen LogP contribution in [0.2, 0.25) is 0 Å². The summed E-state index contributed by atoms with van der Waals surface area (Å²) >= 11 is 1.52. The maximum atomic E-state index is 12.3. The highest BCUT2D eigenvalue weighted by Gasteiger charge is 2.12. The number of aryl methyl sites for hydroxylation is 1. The minimum Gasteiger partial charge on any atom is -0.339 e. The predicted octanol–water partition coefficient (Wildman–Crippen LogP) is 4.21. The number of nitrogens with zero attached hydrogens (tertiary/aromatic N) is 1. The fraction of sp³-hybridized carbons (Fsp3) is 0.300. The van der Waals surface area contributed by atoms with E-state index in [2.05, 4.69) is 5.32 Å². The predicted molar refractivity (Wildman–Crippen MR) is 104 cm³/mol. The summed E-state index contributed by atoms with van der Waals surface area (Å²) in [5.74, 6) is 0.305. The molecular formula is C20H24N2O2S. The smallest absolute Gasteiger partial charge is 0.253 e. The van der Waals surface area contributed by atoms with Crippen molar-refractivity contribution in [1.29, 1.82) is 0 Å². The SMILES string of the molecule is CCN(CC)C(=O)c1ccc(NC(=O)CSc2ccccc2C)cc1. The molecule has 0 fully saturated rings. The molecule has 0 aliphatic heterocycles. The number of amides is 2. The molecule has 0 heterocycles. The van der Waals surface area contributed by atoms with E-state index in [0.717, 1.165) is 4.90 Å². The van der Waals surface area contributed by atoms with E-state index in [1.54, 1.807) is 29.2 Å². The van der Waals surface area contributed by atoms with Gasteiger partial charge in [0.25, 0.3) is 5.91 Å². The van der Waals surface area contributed by atoms with Crippen molar-refractivity contribution >= 4 is 29.3 Å². The molecule has 0 saturated carbocycles. The highest BCUT2D eigenvalue weighted by atomic mass is 32.2. The maximum absolute atomic E-state index is 12.3. The van der Waals surface area contributed by atoms with E-state index < -0.39 is 0 Å². The second-order valence-electron chi connectivity index (χ2n) is 5.66. The molecule has 2 amide bonds. The molecule has 25 heavy (non-hydrogen) atoms. The first-order chi connectivity index (χ1) is 12.0. The van der Waals surface area contributed by atoms with Crippen LogP contribution in [0.15, 0.2) is 53.4 Å². The normalized spacial score (nSPS) is 10.4. The minimum absolute atomic E-state index is 0.0120. The lowest BCUT2D eigenvalue weighted by Gasteiger charge is -2.18. The van der Waals surface area contributed by atoms with E-state index in [1.165, 1.54) is 17.3 Å². The lowest BCUT2D eigenvalue weighted by atomic mass is 10.2. The maximum Gasteiger partial charge on any atom is 0.253 e. The highest BCUT2D eigenvalue weighted by molar-refractivity contribution is 8.00. The van der Waals surface area contributed by atoms with Crippen LogP contribution in [0.25, 0.3) is 0 Å². The number of benzene rings is 2. The molecule has 4 nitrogen and oxygen atoms in total. The van der Waals surface area contributed by atoms with E-state index in [1.807, 2.05) is 45.0 Å². The minimum atomic E-state index is -0.0592. The highest BCUT2D eigenvalue weighted by Crippen LogP contribution is 2.22. The molecule has 2 aromatic carbocycles. The summed E-state index contributed by atoms with van der Waals surface area (Å²) in [4.78, 5) is 27.3. The van der Waals surface area contributed by atoms with Gasteiger partial charge in [-0.25, -0.2) is 0 Å². The summed E-state index contributed by atoms with van der Waals surface area (Å²) in [6.45, 7) is 7.32.